The minimum Gasteiger partial charge on any atom is -0.356 e. The quantitative estimate of drug-likeness (QED) is 0.842. The zero-order valence-corrected chi connectivity index (χ0v) is 15.5. The summed E-state index contributed by atoms with van der Waals surface area (Å²) < 4.78 is 1.67. The number of piperidine rings is 1. The van der Waals surface area contributed by atoms with Crippen molar-refractivity contribution in [1.29, 1.82) is 0 Å². The van der Waals surface area contributed by atoms with Gasteiger partial charge in [0.15, 0.2) is 0 Å². The number of aromatic nitrogens is 4. The monoisotopic (exact) mass is 354 g/mol. The van der Waals surface area contributed by atoms with E-state index in [1.807, 2.05) is 19.0 Å². The second-order valence-corrected chi connectivity index (χ2v) is 7.47. The molecule has 0 spiro atoms. The predicted octanol–water partition coefficient (Wildman–Crippen LogP) is 2.22. The van der Waals surface area contributed by atoms with Crippen LogP contribution in [0.1, 0.15) is 54.1 Å². The van der Waals surface area contributed by atoms with Crippen LogP contribution in [0.2, 0.25) is 0 Å². The average Bonchev–Trinajstić information content (AvgIpc) is 3.06. The summed E-state index contributed by atoms with van der Waals surface area (Å²) in [5.41, 5.74) is 1.84. The van der Waals surface area contributed by atoms with Crippen LogP contribution in [-0.2, 0) is 7.05 Å². The average molecular weight is 354 g/mol. The second kappa shape index (κ2) is 7.05. The summed E-state index contributed by atoms with van der Waals surface area (Å²) in [7, 11) is 3.73. The largest absolute Gasteiger partial charge is 0.356 e. The lowest BCUT2D eigenvalue weighted by molar-refractivity contribution is 0.0709. The van der Waals surface area contributed by atoms with Crippen LogP contribution in [0.3, 0.4) is 0 Å². The Balaban J connectivity index is 1.37. The lowest BCUT2D eigenvalue weighted by Gasteiger charge is -2.37. The van der Waals surface area contributed by atoms with Crippen LogP contribution in [0.5, 0.6) is 0 Å². The van der Waals surface area contributed by atoms with Gasteiger partial charge in [0.25, 0.3) is 5.91 Å². The zero-order valence-electron chi connectivity index (χ0n) is 15.5. The van der Waals surface area contributed by atoms with Crippen molar-refractivity contribution < 1.29 is 4.79 Å². The molecule has 1 amide bonds. The number of hydrogen-bond acceptors (Lipinski definition) is 5. The van der Waals surface area contributed by atoms with Crippen molar-refractivity contribution in [3.05, 3.63) is 36.0 Å². The van der Waals surface area contributed by atoms with Crippen LogP contribution in [0.25, 0.3) is 0 Å². The Morgan fingerprint density at radius 1 is 1.19 bits per heavy atom. The van der Waals surface area contributed by atoms with Gasteiger partial charge in [-0.25, -0.2) is 9.97 Å². The molecule has 0 N–H and O–H groups in total. The third kappa shape index (κ3) is 3.30. The first-order valence-corrected chi connectivity index (χ1v) is 9.44. The van der Waals surface area contributed by atoms with Gasteiger partial charge in [-0.3, -0.25) is 9.48 Å². The Bertz CT molecular complexity index is 776. The molecular formula is C19H26N6O. The predicted molar refractivity (Wildman–Crippen MR) is 99.2 cm³/mol. The van der Waals surface area contributed by atoms with Gasteiger partial charge in [0, 0.05) is 57.1 Å². The first-order valence-electron chi connectivity index (χ1n) is 9.44. The van der Waals surface area contributed by atoms with Gasteiger partial charge in [-0.05, 0) is 25.7 Å². The van der Waals surface area contributed by atoms with Gasteiger partial charge in [-0.2, -0.15) is 5.10 Å². The van der Waals surface area contributed by atoms with E-state index in [2.05, 4.69) is 26.0 Å². The van der Waals surface area contributed by atoms with E-state index in [-0.39, 0.29) is 11.9 Å². The molecule has 0 bridgehead atoms. The minimum absolute atomic E-state index is 0.0471. The third-order valence-corrected chi connectivity index (χ3v) is 5.81. The molecule has 0 unspecified atom stereocenters. The van der Waals surface area contributed by atoms with E-state index >= 15 is 0 Å². The van der Waals surface area contributed by atoms with Gasteiger partial charge in [-0.15, -0.1) is 0 Å². The summed E-state index contributed by atoms with van der Waals surface area (Å²) >= 11 is 0. The smallest absolute Gasteiger partial charge is 0.257 e. The molecular weight excluding hydrogens is 328 g/mol. The van der Waals surface area contributed by atoms with Gasteiger partial charge in [0.2, 0.25) is 0 Å². The molecule has 2 fully saturated rings. The molecule has 2 aliphatic rings. The lowest BCUT2D eigenvalue weighted by atomic mass is 9.83. The molecule has 2 aromatic heterocycles. The summed E-state index contributed by atoms with van der Waals surface area (Å²) in [4.78, 5) is 25.7. The van der Waals surface area contributed by atoms with E-state index in [9.17, 15) is 4.79 Å². The highest BCUT2D eigenvalue weighted by Crippen LogP contribution is 2.36. The summed E-state index contributed by atoms with van der Waals surface area (Å²) in [6, 6.07) is 2.42. The Kier molecular flexibility index (Phi) is 4.61. The van der Waals surface area contributed by atoms with Gasteiger partial charge in [-0.1, -0.05) is 6.42 Å². The summed E-state index contributed by atoms with van der Waals surface area (Å²) in [6.45, 7) is 1.83. The maximum absolute atomic E-state index is 12.6. The molecule has 7 nitrogen and oxygen atoms in total. The summed E-state index contributed by atoms with van der Waals surface area (Å²) in [5, 5.41) is 4.10. The van der Waals surface area contributed by atoms with Crippen LogP contribution in [-0.4, -0.2) is 56.7 Å². The topological polar surface area (TPSA) is 67.2 Å². The molecule has 138 valence electrons. The fourth-order valence-corrected chi connectivity index (χ4v) is 3.85. The van der Waals surface area contributed by atoms with Crippen molar-refractivity contribution in [3.8, 4) is 0 Å². The number of carbonyl (C=O) groups excluding carboxylic acids is 1. The summed E-state index contributed by atoms with van der Waals surface area (Å²) in [6.07, 6.45) is 10.8. The van der Waals surface area contributed by atoms with E-state index in [4.69, 9.17) is 0 Å². The Morgan fingerprint density at radius 3 is 2.58 bits per heavy atom. The van der Waals surface area contributed by atoms with Gasteiger partial charge in [0.05, 0.1) is 11.8 Å². The highest BCUT2D eigenvalue weighted by Gasteiger charge is 2.28. The van der Waals surface area contributed by atoms with E-state index in [1.165, 1.54) is 25.0 Å². The third-order valence-electron chi connectivity index (χ3n) is 5.81. The van der Waals surface area contributed by atoms with Crippen molar-refractivity contribution in [3.63, 3.8) is 0 Å². The number of nitrogens with zero attached hydrogens (tertiary/aromatic N) is 6. The normalized spacial score (nSPS) is 18.6. The van der Waals surface area contributed by atoms with E-state index in [0.29, 0.717) is 11.5 Å². The van der Waals surface area contributed by atoms with Gasteiger partial charge in [0.1, 0.15) is 12.1 Å². The van der Waals surface area contributed by atoms with E-state index in [0.717, 1.165) is 31.7 Å². The van der Waals surface area contributed by atoms with Crippen LogP contribution < -0.4 is 4.90 Å². The first-order chi connectivity index (χ1) is 12.6. The van der Waals surface area contributed by atoms with Crippen LogP contribution >= 0.6 is 0 Å². The van der Waals surface area contributed by atoms with Gasteiger partial charge < -0.3 is 9.80 Å². The van der Waals surface area contributed by atoms with Crippen molar-refractivity contribution in [1.82, 2.24) is 24.6 Å². The number of amides is 1. The number of hydrogen-bond donors (Lipinski definition) is 0. The highest BCUT2D eigenvalue weighted by molar-refractivity contribution is 5.93. The standard InChI is InChI=1S/C19H26N6O/c1-23-12-15(11-22-23)19(26)24(2)16-6-8-25(9-7-16)18-10-17(20-13-21-18)14-4-3-5-14/h10-14,16H,3-9H2,1-2H3. The van der Waals surface area contributed by atoms with Crippen LogP contribution in [0.4, 0.5) is 5.82 Å². The summed E-state index contributed by atoms with van der Waals surface area (Å²) in [5.74, 6) is 1.70. The Labute approximate surface area is 154 Å². The minimum atomic E-state index is 0.0471. The van der Waals surface area contributed by atoms with Crippen LogP contribution in [0, 0.1) is 0 Å². The molecule has 0 aromatic carbocycles. The van der Waals surface area contributed by atoms with Crippen molar-refractivity contribution in [2.45, 2.75) is 44.1 Å². The molecule has 1 aliphatic heterocycles. The molecule has 4 rings (SSSR count). The highest BCUT2D eigenvalue weighted by atomic mass is 16.2. The van der Waals surface area contributed by atoms with Crippen molar-refractivity contribution in [2.24, 2.45) is 7.05 Å². The zero-order chi connectivity index (χ0) is 18.1. The number of aryl methyl sites for hydroxylation is 1. The molecule has 2 aromatic rings. The molecule has 0 atom stereocenters. The molecule has 1 saturated carbocycles. The fraction of sp³-hybridized carbons (Fsp3) is 0.579. The molecule has 0 radical (unpaired) electrons. The van der Waals surface area contributed by atoms with Crippen molar-refractivity contribution in [2.75, 3.05) is 25.0 Å². The molecule has 26 heavy (non-hydrogen) atoms. The number of anilines is 1. The van der Waals surface area contributed by atoms with Gasteiger partial charge >= 0.3 is 0 Å². The SMILES string of the molecule is CN(C(=O)c1cnn(C)c1)C1CCN(c2cc(C3CCC3)ncn2)CC1. The Morgan fingerprint density at radius 2 is 1.96 bits per heavy atom. The second-order valence-electron chi connectivity index (χ2n) is 7.47. The molecule has 7 heteroatoms. The van der Waals surface area contributed by atoms with Crippen molar-refractivity contribution >= 4 is 11.7 Å². The molecule has 1 saturated heterocycles. The number of rotatable bonds is 4. The molecule has 1 aliphatic carbocycles. The number of carbonyl (C=O) groups is 1. The first kappa shape index (κ1) is 17.0. The van der Waals surface area contributed by atoms with E-state index < -0.39 is 0 Å². The Hall–Kier alpha value is -2.44. The maximum atomic E-state index is 12.6. The van der Waals surface area contributed by atoms with E-state index in [1.54, 1.807) is 23.4 Å². The van der Waals surface area contributed by atoms with Crippen LogP contribution in [0.15, 0.2) is 24.8 Å². The maximum Gasteiger partial charge on any atom is 0.257 e. The lowest BCUT2D eigenvalue weighted by Crippen LogP contribution is -2.45. The fourth-order valence-electron chi connectivity index (χ4n) is 3.85. The molecule has 3 heterocycles.